The van der Waals surface area contributed by atoms with E-state index in [-0.39, 0.29) is 18.0 Å². The van der Waals surface area contributed by atoms with Crippen LogP contribution in [-0.4, -0.2) is 84.0 Å². The second-order valence-electron chi connectivity index (χ2n) is 10.2. The molecule has 4 N–H and O–H groups in total. The highest BCUT2D eigenvalue weighted by Crippen LogP contribution is 2.30. The van der Waals surface area contributed by atoms with Crippen LogP contribution in [0.2, 0.25) is 5.02 Å². The molecular formula is C28H31ClN6O5S. The van der Waals surface area contributed by atoms with E-state index in [0.29, 0.717) is 53.8 Å². The predicted molar refractivity (Wildman–Crippen MR) is 160 cm³/mol. The van der Waals surface area contributed by atoms with E-state index in [2.05, 4.69) is 20.2 Å². The van der Waals surface area contributed by atoms with E-state index in [1.165, 1.54) is 6.20 Å². The number of aliphatic hydroxyl groups excluding tert-OH is 1. The van der Waals surface area contributed by atoms with E-state index in [0.717, 1.165) is 28.5 Å². The number of nitrogens with one attached hydrogen (secondary N) is 3. The zero-order valence-corrected chi connectivity index (χ0v) is 24.2. The predicted octanol–water partition coefficient (Wildman–Crippen LogP) is 2.72. The number of aliphatic hydroxyl groups is 1. The molecule has 0 bridgehead atoms. The molecule has 3 heterocycles. The van der Waals surface area contributed by atoms with Crippen LogP contribution >= 0.6 is 11.6 Å². The van der Waals surface area contributed by atoms with Crippen molar-refractivity contribution < 1.29 is 18.3 Å². The largest absolute Gasteiger partial charge is 0.387 e. The maximum absolute atomic E-state index is 12.9. The lowest BCUT2D eigenvalue weighted by Gasteiger charge is -2.36. The number of benzene rings is 2. The Bertz CT molecular complexity index is 1760. The first kappa shape index (κ1) is 28.7. The van der Waals surface area contributed by atoms with Crippen molar-refractivity contribution in [3.8, 4) is 11.4 Å². The summed E-state index contributed by atoms with van der Waals surface area (Å²) < 4.78 is 23.0. The van der Waals surface area contributed by atoms with Crippen LogP contribution in [0.15, 0.2) is 53.5 Å². The molecule has 2 aromatic heterocycles. The van der Waals surface area contributed by atoms with Gasteiger partial charge in [-0.05, 0) is 48.4 Å². The van der Waals surface area contributed by atoms with Crippen molar-refractivity contribution in [2.75, 3.05) is 54.9 Å². The molecule has 13 heteroatoms. The normalized spacial score (nSPS) is 14.8. The Labute approximate surface area is 242 Å². The zero-order chi connectivity index (χ0) is 29.3. The zero-order valence-electron chi connectivity index (χ0n) is 22.6. The quantitative estimate of drug-likeness (QED) is 0.242. The van der Waals surface area contributed by atoms with Gasteiger partial charge in [-0.15, -0.1) is 0 Å². The minimum absolute atomic E-state index is 0.152. The lowest BCUT2D eigenvalue weighted by molar-refractivity contribution is -0.128. The number of fused-ring (bicyclic) bond motifs is 1. The van der Waals surface area contributed by atoms with Crippen LogP contribution in [0.4, 0.5) is 11.4 Å². The summed E-state index contributed by atoms with van der Waals surface area (Å²) in [6.07, 6.45) is 1.75. The summed E-state index contributed by atoms with van der Waals surface area (Å²) in [6.45, 7) is 4.06. The molecule has 2 aromatic carbocycles. The Hall–Kier alpha value is -3.87. The Morgan fingerprint density at radius 2 is 1.93 bits per heavy atom. The van der Waals surface area contributed by atoms with E-state index in [4.69, 9.17) is 16.6 Å². The minimum atomic E-state index is -3.38. The van der Waals surface area contributed by atoms with Gasteiger partial charge in [0.2, 0.25) is 5.91 Å². The van der Waals surface area contributed by atoms with Gasteiger partial charge >= 0.3 is 0 Å². The number of halogens is 1. The number of hydrogen-bond acceptors (Lipinski definition) is 8. The first-order chi connectivity index (χ1) is 19.5. The number of imidazole rings is 1. The Kier molecular flexibility index (Phi) is 8.07. The molecule has 216 valence electrons. The van der Waals surface area contributed by atoms with E-state index in [1.807, 2.05) is 19.1 Å². The second-order valence-corrected chi connectivity index (χ2v) is 12.8. The number of piperazine rings is 1. The third-order valence-corrected chi connectivity index (χ3v) is 8.07. The molecule has 0 unspecified atom stereocenters. The summed E-state index contributed by atoms with van der Waals surface area (Å²) in [6, 6.07) is 12.7. The topological polar surface area (TPSA) is 151 Å². The number of anilines is 2. The maximum Gasteiger partial charge on any atom is 0.261 e. The first-order valence-electron chi connectivity index (χ1n) is 13.1. The first-order valence-corrected chi connectivity index (χ1v) is 15.5. The standard InChI is InChI=1S/C28H31ClN6O5S/c1-17-12-20(34-8-10-35(11-9-34)24(37)16-41(2,39)40)14-22-26(17)33-27(32-22)25-21(6-7-30-28(25)38)31-15-23(36)18-4-3-5-19(29)13-18/h3-7,12-14,23,36H,8-11,15-16H2,1-2H3,(H,32,33)(H2,30,31,38)/t23-/m1/s1. The van der Waals surface area contributed by atoms with Gasteiger partial charge in [-0.3, -0.25) is 9.59 Å². The lowest BCUT2D eigenvalue weighted by atomic mass is 10.1. The summed E-state index contributed by atoms with van der Waals surface area (Å²) in [5, 5.41) is 14.3. The number of aromatic amines is 2. The number of carbonyl (C=O) groups excluding carboxylic acids is 1. The van der Waals surface area contributed by atoms with Crippen molar-refractivity contribution in [1.82, 2.24) is 19.9 Å². The molecule has 0 radical (unpaired) electrons. The Morgan fingerprint density at radius 3 is 2.63 bits per heavy atom. The van der Waals surface area contributed by atoms with Gasteiger partial charge in [0.1, 0.15) is 17.1 Å². The second kappa shape index (κ2) is 11.6. The van der Waals surface area contributed by atoms with Gasteiger partial charge < -0.3 is 30.2 Å². The highest BCUT2D eigenvalue weighted by atomic mass is 35.5. The average Bonchev–Trinajstić information content (AvgIpc) is 3.35. The highest BCUT2D eigenvalue weighted by Gasteiger charge is 2.25. The van der Waals surface area contributed by atoms with Gasteiger partial charge in [0.15, 0.2) is 9.84 Å². The summed E-state index contributed by atoms with van der Waals surface area (Å²) in [4.78, 5) is 39.7. The van der Waals surface area contributed by atoms with Gasteiger partial charge in [-0.25, -0.2) is 13.4 Å². The number of amides is 1. The number of sulfone groups is 1. The average molecular weight is 599 g/mol. The third-order valence-electron chi connectivity index (χ3n) is 7.06. The van der Waals surface area contributed by atoms with E-state index >= 15 is 0 Å². The molecule has 0 saturated carbocycles. The fourth-order valence-corrected chi connectivity index (χ4v) is 5.83. The van der Waals surface area contributed by atoms with Crippen LogP contribution in [0.1, 0.15) is 17.2 Å². The van der Waals surface area contributed by atoms with Crippen LogP contribution in [0, 0.1) is 6.92 Å². The fraction of sp³-hybridized carbons (Fsp3) is 0.321. The fourth-order valence-electron chi connectivity index (χ4n) is 5.00. The summed E-state index contributed by atoms with van der Waals surface area (Å²) in [5.74, 6) is -0.475. The molecule has 1 atom stereocenters. The van der Waals surface area contributed by atoms with Crippen LogP contribution < -0.4 is 15.8 Å². The molecule has 41 heavy (non-hydrogen) atoms. The highest BCUT2D eigenvalue weighted by molar-refractivity contribution is 7.91. The number of hydrogen-bond donors (Lipinski definition) is 4. The molecule has 5 rings (SSSR count). The van der Waals surface area contributed by atoms with E-state index in [1.54, 1.807) is 35.2 Å². The van der Waals surface area contributed by atoms with Gasteiger partial charge in [0, 0.05) is 55.9 Å². The molecule has 0 spiro atoms. The van der Waals surface area contributed by atoms with Gasteiger partial charge in [0.25, 0.3) is 5.56 Å². The maximum atomic E-state index is 12.9. The van der Waals surface area contributed by atoms with Crippen molar-refractivity contribution in [1.29, 1.82) is 0 Å². The van der Waals surface area contributed by atoms with Gasteiger partial charge in [0.05, 0.1) is 22.8 Å². The van der Waals surface area contributed by atoms with Crippen molar-refractivity contribution in [2.24, 2.45) is 0 Å². The number of H-pyrrole nitrogens is 2. The third kappa shape index (κ3) is 6.55. The number of aromatic nitrogens is 3. The van der Waals surface area contributed by atoms with Crippen LogP contribution in [0.3, 0.4) is 0 Å². The number of aryl methyl sites for hydroxylation is 1. The van der Waals surface area contributed by atoms with Crippen LogP contribution in [-0.2, 0) is 14.6 Å². The summed E-state index contributed by atoms with van der Waals surface area (Å²) in [7, 11) is -3.38. The van der Waals surface area contributed by atoms with Crippen molar-refractivity contribution in [2.45, 2.75) is 13.0 Å². The molecule has 1 fully saturated rings. The van der Waals surface area contributed by atoms with Crippen LogP contribution in [0.25, 0.3) is 22.4 Å². The van der Waals surface area contributed by atoms with Crippen molar-refractivity contribution in [3.63, 3.8) is 0 Å². The number of nitrogens with zero attached hydrogens (tertiary/aromatic N) is 3. The van der Waals surface area contributed by atoms with Gasteiger partial charge in [-0.2, -0.15) is 0 Å². The lowest BCUT2D eigenvalue weighted by Crippen LogP contribution is -2.50. The molecule has 4 aromatic rings. The number of pyridine rings is 1. The molecular weight excluding hydrogens is 568 g/mol. The van der Waals surface area contributed by atoms with Gasteiger partial charge in [-0.1, -0.05) is 23.7 Å². The number of carbonyl (C=O) groups is 1. The van der Waals surface area contributed by atoms with E-state index < -0.39 is 21.7 Å². The number of rotatable bonds is 8. The minimum Gasteiger partial charge on any atom is -0.387 e. The van der Waals surface area contributed by atoms with Crippen molar-refractivity contribution >= 4 is 49.8 Å². The summed E-state index contributed by atoms with van der Waals surface area (Å²) in [5.41, 5.74) is 4.47. The SMILES string of the molecule is Cc1cc(N2CCN(C(=O)CS(C)(=O)=O)CC2)cc2[nH]c(-c3c(NC[C@@H](O)c4cccc(Cl)c4)cc[nH]c3=O)nc12. The molecule has 0 aliphatic carbocycles. The Balaban J connectivity index is 1.36. The molecule has 1 aliphatic rings. The smallest absolute Gasteiger partial charge is 0.261 e. The monoisotopic (exact) mass is 598 g/mol. The molecule has 1 saturated heterocycles. The molecule has 1 aliphatic heterocycles. The molecule has 11 nitrogen and oxygen atoms in total. The van der Waals surface area contributed by atoms with Crippen molar-refractivity contribution in [3.05, 3.63) is 75.2 Å². The van der Waals surface area contributed by atoms with E-state index in [9.17, 15) is 23.1 Å². The molecule has 1 amide bonds. The Morgan fingerprint density at radius 1 is 1.17 bits per heavy atom. The summed E-state index contributed by atoms with van der Waals surface area (Å²) >= 11 is 6.06. The van der Waals surface area contributed by atoms with Crippen LogP contribution in [0.5, 0.6) is 0 Å².